The van der Waals surface area contributed by atoms with Crippen LogP contribution in [0.15, 0.2) is 60.8 Å². The number of aliphatic hydroxyl groups excluding tert-OH is 1. The van der Waals surface area contributed by atoms with Crippen molar-refractivity contribution in [2.24, 2.45) is 0 Å². The molecule has 0 saturated heterocycles. The first-order valence-electron chi connectivity index (χ1n) is 32.2. The van der Waals surface area contributed by atoms with Gasteiger partial charge in [-0.3, -0.25) is 23.4 Å². The van der Waals surface area contributed by atoms with Crippen LogP contribution < -0.4 is 0 Å². The van der Waals surface area contributed by atoms with Gasteiger partial charge in [-0.2, -0.15) is 0 Å². The molecule has 454 valence electrons. The van der Waals surface area contributed by atoms with Crippen LogP contribution in [-0.2, 0) is 42.2 Å². The van der Waals surface area contributed by atoms with E-state index >= 15 is 0 Å². The maximum atomic E-state index is 12.9. The first-order valence-corrected chi connectivity index (χ1v) is 33.7. The van der Waals surface area contributed by atoms with Crippen molar-refractivity contribution in [3.63, 3.8) is 0 Å². The number of carbonyl (C=O) groups excluding carboxylic acids is 3. The normalized spacial score (nSPS) is 13.7. The Hall–Kier alpha value is -2.82. The van der Waals surface area contributed by atoms with Gasteiger partial charge in [0.15, 0.2) is 6.10 Å². The van der Waals surface area contributed by atoms with Crippen LogP contribution in [0.4, 0.5) is 0 Å². The predicted molar refractivity (Wildman–Crippen MR) is 325 cm³/mol. The summed E-state index contributed by atoms with van der Waals surface area (Å²) in [6.45, 7) is 4.55. The molecule has 0 fully saturated rings. The highest BCUT2D eigenvalue weighted by atomic mass is 31.2. The zero-order valence-electron chi connectivity index (χ0n) is 50.4. The van der Waals surface area contributed by atoms with E-state index in [0.717, 1.165) is 116 Å². The predicted octanol–water partition coefficient (Wildman–Crippen LogP) is 19.5. The minimum atomic E-state index is -4.76. The van der Waals surface area contributed by atoms with Crippen molar-refractivity contribution in [3.8, 4) is 0 Å². The number of esters is 3. The lowest BCUT2D eigenvalue weighted by atomic mass is 10.1. The van der Waals surface area contributed by atoms with Gasteiger partial charge < -0.3 is 24.2 Å². The third-order valence-corrected chi connectivity index (χ3v) is 14.8. The topological polar surface area (TPSA) is 155 Å². The van der Waals surface area contributed by atoms with Crippen LogP contribution in [0.25, 0.3) is 0 Å². The molecule has 0 aromatic rings. The molecule has 0 aromatic heterocycles. The van der Waals surface area contributed by atoms with E-state index in [1.165, 1.54) is 128 Å². The van der Waals surface area contributed by atoms with E-state index < -0.39 is 57.8 Å². The maximum absolute atomic E-state index is 12.9. The number of hydrogen-bond donors (Lipinski definition) is 2. The summed E-state index contributed by atoms with van der Waals surface area (Å²) in [4.78, 5) is 48.7. The molecule has 2 N–H and O–H groups in total. The van der Waals surface area contributed by atoms with Crippen molar-refractivity contribution in [1.82, 2.24) is 0 Å². The second-order valence-electron chi connectivity index (χ2n) is 21.5. The van der Waals surface area contributed by atoms with E-state index in [1.807, 2.05) is 0 Å². The highest BCUT2D eigenvalue weighted by molar-refractivity contribution is 7.47. The van der Waals surface area contributed by atoms with Crippen LogP contribution in [0.5, 0.6) is 0 Å². The molecule has 0 aliphatic heterocycles. The summed E-state index contributed by atoms with van der Waals surface area (Å²) in [6.07, 6.45) is 67.4. The van der Waals surface area contributed by atoms with Gasteiger partial charge in [-0.05, 0) is 103 Å². The van der Waals surface area contributed by atoms with Gasteiger partial charge >= 0.3 is 25.7 Å². The van der Waals surface area contributed by atoms with E-state index in [-0.39, 0.29) is 25.9 Å². The first kappa shape index (κ1) is 75.2. The largest absolute Gasteiger partial charge is 0.472 e. The minimum Gasteiger partial charge on any atom is -0.462 e. The highest BCUT2D eigenvalue weighted by Crippen LogP contribution is 2.43. The number of phosphoric acid groups is 1. The molecule has 0 saturated carbocycles. The first-order chi connectivity index (χ1) is 38.2. The summed E-state index contributed by atoms with van der Waals surface area (Å²) in [6, 6.07) is 0. The molecule has 0 bridgehead atoms. The Labute approximate surface area is 478 Å². The fraction of sp³-hybridized carbons (Fsp3) is 0.803. The number of unbranched alkanes of at least 4 members (excludes halogenated alkanes) is 33. The van der Waals surface area contributed by atoms with E-state index in [0.29, 0.717) is 19.3 Å². The van der Waals surface area contributed by atoms with Gasteiger partial charge in [0, 0.05) is 19.3 Å². The Balaban J connectivity index is 4.70. The number of phosphoric ester groups is 1. The van der Waals surface area contributed by atoms with Gasteiger partial charge in [0.05, 0.1) is 19.8 Å². The van der Waals surface area contributed by atoms with E-state index in [1.54, 1.807) is 0 Å². The third-order valence-electron chi connectivity index (χ3n) is 13.9. The molecule has 0 spiro atoms. The minimum absolute atomic E-state index is 0.156. The summed E-state index contributed by atoms with van der Waals surface area (Å²) in [7, 11) is -4.76. The lowest BCUT2D eigenvalue weighted by molar-refractivity contribution is -0.161. The van der Waals surface area contributed by atoms with Crippen molar-refractivity contribution in [2.45, 2.75) is 315 Å². The quantitative estimate of drug-likeness (QED) is 0.0197. The average Bonchev–Trinajstić information content (AvgIpc) is 3.43. The smallest absolute Gasteiger partial charge is 0.462 e. The highest BCUT2D eigenvalue weighted by Gasteiger charge is 2.28. The molecular weight excluding hydrogens is 1000 g/mol. The lowest BCUT2D eigenvalue weighted by Gasteiger charge is -2.21. The Morgan fingerprint density at radius 2 is 0.667 bits per heavy atom. The van der Waals surface area contributed by atoms with Gasteiger partial charge in [-0.15, -0.1) is 0 Å². The van der Waals surface area contributed by atoms with Crippen LogP contribution in [0.2, 0.25) is 0 Å². The van der Waals surface area contributed by atoms with Crippen molar-refractivity contribution < 1.29 is 52.2 Å². The molecule has 3 atom stereocenters. The Morgan fingerprint density at radius 1 is 0.372 bits per heavy atom. The molecule has 0 aromatic carbocycles. The monoisotopic (exact) mass is 1120 g/mol. The third kappa shape index (κ3) is 57.9. The van der Waals surface area contributed by atoms with Crippen molar-refractivity contribution in [1.29, 1.82) is 0 Å². The molecule has 12 heteroatoms. The number of carbonyl (C=O) groups is 3. The van der Waals surface area contributed by atoms with Crippen LogP contribution in [0.1, 0.15) is 303 Å². The summed E-state index contributed by atoms with van der Waals surface area (Å²) in [5, 5.41) is 9.84. The second-order valence-corrected chi connectivity index (χ2v) is 23.0. The molecule has 11 nitrogen and oxygen atoms in total. The van der Waals surface area contributed by atoms with Gasteiger partial charge in [-0.1, -0.05) is 242 Å². The van der Waals surface area contributed by atoms with Crippen LogP contribution in [-0.4, -0.2) is 66.5 Å². The molecule has 0 rings (SSSR count). The van der Waals surface area contributed by atoms with Crippen LogP contribution in [0.3, 0.4) is 0 Å². The standard InChI is InChI=1S/C66H119O11P/c1-4-7-10-13-16-19-22-25-28-30-31-33-35-37-40-43-46-49-52-55-64(68)73-59-63(77-66(70)57-54-51-48-45-42-39-36-32-29-26-23-20-17-14-11-8-5-2)61-75-78(71,72)74-60-62(58-67)76-65(69)56-53-50-47-44-41-38-34-27-24-21-18-15-12-9-6-3/h8,11,17,20,25-29,34,62-63,67H,4-7,9-10,12-16,18-19,21-24,30-33,35-61H2,1-3H3,(H,71,72)/b11-8-,20-17-,28-25-,29-26-,34-27-. The van der Waals surface area contributed by atoms with Gasteiger partial charge in [0.1, 0.15) is 12.7 Å². The number of ether oxygens (including phenoxy) is 3. The molecule has 0 amide bonds. The van der Waals surface area contributed by atoms with E-state index in [9.17, 15) is 28.9 Å². The van der Waals surface area contributed by atoms with Crippen LogP contribution >= 0.6 is 7.82 Å². The lowest BCUT2D eigenvalue weighted by Crippen LogP contribution is -2.30. The second kappa shape index (κ2) is 60.3. The van der Waals surface area contributed by atoms with Gasteiger partial charge in [0.25, 0.3) is 0 Å². The number of allylic oxidation sites excluding steroid dienone is 10. The Bertz CT molecular complexity index is 1540. The zero-order valence-corrected chi connectivity index (χ0v) is 51.3. The van der Waals surface area contributed by atoms with Crippen LogP contribution in [0, 0.1) is 0 Å². The molecule has 78 heavy (non-hydrogen) atoms. The molecule has 0 radical (unpaired) electrons. The maximum Gasteiger partial charge on any atom is 0.472 e. The SMILES string of the molecule is CC/C=C\C/C=C\C/C=C\CCCCCCCCCC(=O)OC(COC(=O)CCCCCCCCCCC/C=C\CCCCCCCC)COP(=O)(O)OCC(CO)OC(=O)CCCCCCC/C=C\CCCCCCCC. The summed E-state index contributed by atoms with van der Waals surface area (Å²) in [5.41, 5.74) is 0. The summed E-state index contributed by atoms with van der Waals surface area (Å²) >= 11 is 0. The molecule has 0 aliphatic rings. The average molecular weight is 1120 g/mol. The fourth-order valence-electron chi connectivity index (χ4n) is 9.01. The summed E-state index contributed by atoms with van der Waals surface area (Å²) < 4.78 is 39.7. The van der Waals surface area contributed by atoms with E-state index in [4.69, 9.17) is 23.3 Å². The number of aliphatic hydroxyl groups is 1. The zero-order chi connectivity index (χ0) is 56.9. The van der Waals surface area contributed by atoms with Gasteiger partial charge in [-0.25, -0.2) is 4.57 Å². The van der Waals surface area contributed by atoms with Crippen molar-refractivity contribution >= 4 is 25.7 Å². The van der Waals surface area contributed by atoms with Crippen molar-refractivity contribution in [3.05, 3.63) is 60.8 Å². The number of hydrogen-bond acceptors (Lipinski definition) is 10. The Morgan fingerprint density at radius 3 is 1.04 bits per heavy atom. The summed E-state index contributed by atoms with van der Waals surface area (Å²) in [5.74, 6) is -1.47. The molecule has 0 aliphatic carbocycles. The van der Waals surface area contributed by atoms with Crippen molar-refractivity contribution in [2.75, 3.05) is 26.4 Å². The molecule has 3 unspecified atom stereocenters. The Kier molecular flexibility index (Phi) is 58.1. The van der Waals surface area contributed by atoms with Gasteiger partial charge in [0.2, 0.25) is 0 Å². The number of rotatable bonds is 60. The molecule has 0 heterocycles. The van der Waals surface area contributed by atoms with E-state index in [2.05, 4.69) is 81.5 Å². The molecular formula is C66H119O11P. The fourth-order valence-corrected chi connectivity index (χ4v) is 9.79.